The Morgan fingerprint density at radius 2 is 1.80 bits per heavy atom. The van der Waals surface area contributed by atoms with E-state index in [-0.39, 0.29) is 5.91 Å². The number of rotatable bonds is 5. The molecule has 0 aliphatic carbocycles. The maximum atomic E-state index is 13.4. The highest BCUT2D eigenvalue weighted by atomic mass is 32.2. The molecule has 0 N–H and O–H groups in total. The molecular formula is C22H35N3O3S2. The summed E-state index contributed by atoms with van der Waals surface area (Å²) < 4.78 is 28.1. The predicted octanol–water partition coefficient (Wildman–Crippen LogP) is 3.18. The third-order valence-corrected chi connectivity index (χ3v) is 10.4. The summed E-state index contributed by atoms with van der Waals surface area (Å²) in [6.45, 7) is 9.62. The quantitative estimate of drug-likeness (QED) is 0.687. The molecule has 3 fully saturated rings. The number of hydrogen-bond acceptors (Lipinski definition) is 5. The fourth-order valence-electron chi connectivity index (χ4n) is 5.18. The molecule has 30 heavy (non-hydrogen) atoms. The number of nitrogens with zero attached hydrogens (tertiary/aromatic N) is 3. The normalized spacial score (nSPS) is 27.6. The topological polar surface area (TPSA) is 60.9 Å². The van der Waals surface area contributed by atoms with E-state index >= 15 is 0 Å². The van der Waals surface area contributed by atoms with Crippen LogP contribution in [-0.4, -0.2) is 73.7 Å². The van der Waals surface area contributed by atoms with Crippen molar-refractivity contribution in [3.63, 3.8) is 0 Å². The van der Waals surface area contributed by atoms with Gasteiger partial charge in [-0.25, -0.2) is 8.42 Å². The van der Waals surface area contributed by atoms with Crippen molar-refractivity contribution in [2.45, 2.75) is 62.6 Å². The molecule has 3 saturated heterocycles. The summed E-state index contributed by atoms with van der Waals surface area (Å²) in [7, 11) is -3.60. The van der Waals surface area contributed by atoms with Crippen molar-refractivity contribution >= 4 is 27.3 Å². The highest BCUT2D eigenvalue weighted by Crippen LogP contribution is 2.32. The van der Waals surface area contributed by atoms with Gasteiger partial charge in [-0.2, -0.15) is 4.31 Å². The fraction of sp³-hybridized carbons (Fsp3) is 0.773. The molecule has 3 aliphatic rings. The number of carbonyl (C=O) groups excluding carboxylic acids is 1. The van der Waals surface area contributed by atoms with Gasteiger partial charge in [0.05, 0.1) is 0 Å². The molecule has 0 aromatic carbocycles. The van der Waals surface area contributed by atoms with Crippen molar-refractivity contribution in [1.82, 2.24) is 14.1 Å². The monoisotopic (exact) mass is 453 g/mol. The van der Waals surface area contributed by atoms with E-state index in [4.69, 9.17) is 0 Å². The Bertz CT molecular complexity index is 846. The Hall–Kier alpha value is -0.960. The lowest BCUT2D eigenvalue weighted by Crippen LogP contribution is -2.51. The van der Waals surface area contributed by atoms with Gasteiger partial charge in [-0.15, -0.1) is 11.3 Å². The van der Waals surface area contributed by atoms with Crippen LogP contribution in [0.5, 0.6) is 0 Å². The van der Waals surface area contributed by atoms with Crippen molar-refractivity contribution in [3.8, 4) is 0 Å². The van der Waals surface area contributed by atoms with Gasteiger partial charge in [0, 0.05) is 31.1 Å². The van der Waals surface area contributed by atoms with Crippen molar-refractivity contribution in [1.29, 1.82) is 0 Å². The zero-order valence-corrected chi connectivity index (χ0v) is 19.9. The largest absolute Gasteiger partial charge is 0.341 e. The van der Waals surface area contributed by atoms with Gasteiger partial charge in [0.25, 0.3) is 10.0 Å². The van der Waals surface area contributed by atoms with Gasteiger partial charge in [-0.3, -0.25) is 4.79 Å². The molecule has 168 valence electrons. The summed E-state index contributed by atoms with van der Waals surface area (Å²) in [5.41, 5.74) is 0. The molecular weight excluding hydrogens is 418 g/mol. The fourth-order valence-corrected chi connectivity index (χ4v) is 8.24. The van der Waals surface area contributed by atoms with Crippen LogP contribution in [0.3, 0.4) is 0 Å². The molecule has 4 heterocycles. The van der Waals surface area contributed by atoms with Crippen molar-refractivity contribution in [3.05, 3.63) is 17.0 Å². The van der Waals surface area contributed by atoms with Crippen LogP contribution in [0.2, 0.25) is 0 Å². The Labute approximate surface area is 185 Å². The average Bonchev–Trinajstić information content (AvgIpc) is 3.39. The second-order valence-electron chi connectivity index (χ2n) is 9.41. The number of sulfonamides is 1. The van der Waals surface area contributed by atoms with Crippen LogP contribution in [0.1, 0.15) is 50.3 Å². The highest BCUT2D eigenvalue weighted by Gasteiger charge is 2.42. The molecule has 1 aromatic heterocycles. The number of amides is 1. The number of thiophene rings is 1. The molecule has 0 saturated carbocycles. The Morgan fingerprint density at radius 1 is 1.07 bits per heavy atom. The van der Waals surface area contributed by atoms with Gasteiger partial charge >= 0.3 is 0 Å². The minimum Gasteiger partial charge on any atom is -0.341 e. The summed E-state index contributed by atoms with van der Waals surface area (Å²) in [5, 5.41) is 0. The molecule has 6 nitrogen and oxygen atoms in total. The number of hydrogen-bond donors (Lipinski definition) is 0. The first-order chi connectivity index (χ1) is 14.3. The lowest BCUT2D eigenvalue weighted by molar-refractivity contribution is -0.136. The van der Waals surface area contributed by atoms with E-state index in [0.29, 0.717) is 23.1 Å². The second kappa shape index (κ2) is 9.27. The van der Waals surface area contributed by atoms with E-state index in [9.17, 15) is 13.2 Å². The second-order valence-corrected chi connectivity index (χ2v) is 12.8. The first-order valence-corrected chi connectivity index (χ1v) is 13.7. The van der Waals surface area contributed by atoms with Crippen molar-refractivity contribution in [2.75, 3.05) is 39.3 Å². The van der Waals surface area contributed by atoms with Gasteiger partial charge < -0.3 is 9.80 Å². The first kappa shape index (κ1) is 22.2. The lowest BCUT2D eigenvalue weighted by atomic mass is 9.94. The number of carbonyl (C=O) groups is 1. The van der Waals surface area contributed by atoms with Gasteiger partial charge in [-0.05, 0) is 82.5 Å². The van der Waals surface area contributed by atoms with Gasteiger partial charge in [0.1, 0.15) is 10.3 Å². The number of piperidine rings is 2. The molecule has 0 radical (unpaired) electrons. The predicted molar refractivity (Wildman–Crippen MR) is 120 cm³/mol. The van der Waals surface area contributed by atoms with Crippen LogP contribution in [0.15, 0.2) is 16.3 Å². The number of likely N-dealkylation sites (tertiary alicyclic amines) is 2. The zero-order chi connectivity index (χ0) is 21.3. The minimum absolute atomic E-state index is 0.0151. The maximum Gasteiger partial charge on any atom is 0.253 e. The van der Waals surface area contributed by atoms with Gasteiger partial charge in [0.2, 0.25) is 5.91 Å². The Balaban J connectivity index is 1.40. The molecule has 8 heteroatoms. The molecule has 2 unspecified atom stereocenters. The van der Waals surface area contributed by atoms with Crippen LogP contribution in [-0.2, 0) is 14.8 Å². The smallest absolute Gasteiger partial charge is 0.253 e. The third kappa shape index (κ3) is 4.76. The first-order valence-electron chi connectivity index (χ1n) is 11.4. The van der Waals surface area contributed by atoms with Crippen molar-refractivity contribution < 1.29 is 13.2 Å². The van der Waals surface area contributed by atoms with Crippen LogP contribution in [0.4, 0.5) is 0 Å². The summed E-state index contributed by atoms with van der Waals surface area (Å²) in [6.07, 6.45) is 6.11. The van der Waals surface area contributed by atoms with E-state index in [1.807, 2.05) is 17.9 Å². The molecule has 0 bridgehead atoms. The molecule has 0 spiro atoms. The summed E-state index contributed by atoms with van der Waals surface area (Å²) >= 11 is 1.29. The third-order valence-electron chi connectivity index (χ3n) is 6.99. The summed E-state index contributed by atoms with van der Waals surface area (Å²) in [6, 6.07) is 2.97. The van der Waals surface area contributed by atoms with Gasteiger partial charge in [0.15, 0.2) is 0 Å². The Morgan fingerprint density at radius 3 is 2.50 bits per heavy atom. The SMILES string of the molecule is Cc1ccc(S(=O)(=O)N2CCCC2C(=O)N2CCCC(CN3CCC(C)CC3)C2)s1. The van der Waals surface area contributed by atoms with Crippen LogP contribution < -0.4 is 0 Å². The van der Waals surface area contributed by atoms with Crippen LogP contribution in [0, 0.1) is 18.8 Å². The molecule has 1 aromatic rings. The number of aryl methyl sites for hydroxylation is 1. The maximum absolute atomic E-state index is 13.4. The van der Waals surface area contributed by atoms with E-state index in [1.54, 1.807) is 6.07 Å². The van der Waals surface area contributed by atoms with E-state index < -0.39 is 16.1 Å². The van der Waals surface area contributed by atoms with Gasteiger partial charge in [-0.1, -0.05) is 6.92 Å². The average molecular weight is 454 g/mol. The molecule has 3 aliphatic heterocycles. The van der Waals surface area contributed by atoms with Crippen LogP contribution >= 0.6 is 11.3 Å². The van der Waals surface area contributed by atoms with Crippen LogP contribution in [0.25, 0.3) is 0 Å². The standard InChI is InChI=1S/C22H35N3O3S2/c1-17-9-13-23(14-10-17)15-19-5-3-11-24(16-19)22(26)20-6-4-12-25(20)30(27,28)21-8-7-18(2)29-21/h7-8,17,19-20H,3-6,9-16H2,1-2H3. The Kier molecular flexibility index (Phi) is 6.87. The van der Waals surface area contributed by atoms with Crippen molar-refractivity contribution in [2.24, 2.45) is 11.8 Å². The summed E-state index contributed by atoms with van der Waals surface area (Å²) in [5.74, 6) is 1.34. The summed E-state index contributed by atoms with van der Waals surface area (Å²) in [4.78, 5) is 18.9. The minimum atomic E-state index is -3.60. The van der Waals surface area contributed by atoms with E-state index in [2.05, 4.69) is 11.8 Å². The molecule has 4 rings (SSSR count). The van der Waals surface area contributed by atoms with E-state index in [0.717, 1.165) is 49.7 Å². The zero-order valence-electron chi connectivity index (χ0n) is 18.3. The van der Waals surface area contributed by atoms with E-state index in [1.165, 1.54) is 41.6 Å². The lowest BCUT2D eigenvalue weighted by Gasteiger charge is -2.39. The highest BCUT2D eigenvalue weighted by molar-refractivity contribution is 7.91. The molecule has 2 atom stereocenters. The molecule has 1 amide bonds.